The fourth-order valence-electron chi connectivity index (χ4n) is 1.14. The highest BCUT2D eigenvalue weighted by Crippen LogP contribution is 2.10. The molecule has 0 aromatic carbocycles. The van der Waals surface area contributed by atoms with Crippen LogP contribution < -0.4 is 5.32 Å². The summed E-state index contributed by atoms with van der Waals surface area (Å²) in [6.07, 6.45) is 3.88. The molecule has 82 valence electrons. The average Bonchev–Trinajstić information content (AvgIpc) is 2.77. The minimum Gasteiger partial charge on any atom is -0.462 e. The lowest BCUT2D eigenvalue weighted by Gasteiger charge is -2.13. The van der Waals surface area contributed by atoms with E-state index in [1.165, 1.54) is 0 Å². The second-order valence-electron chi connectivity index (χ2n) is 2.90. The van der Waals surface area contributed by atoms with Gasteiger partial charge in [0.15, 0.2) is 0 Å². The van der Waals surface area contributed by atoms with Gasteiger partial charge in [0.05, 0.1) is 13.2 Å². The molecule has 6 nitrogen and oxygen atoms in total. The molecule has 15 heavy (non-hydrogen) atoms. The molecule has 2 N–H and O–H groups in total. The molecule has 0 fully saturated rings. The van der Waals surface area contributed by atoms with E-state index in [4.69, 9.17) is 0 Å². The summed E-state index contributed by atoms with van der Waals surface area (Å²) < 4.78 is 4.29. The number of carbonyl (C=O) groups excluding carboxylic acids is 2. The van der Waals surface area contributed by atoms with Crippen LogP contribution in [-0.2, 0) is 14.3 Å². The number of aromatic amines is 1. The van der Waals surface area contributed by atoms with Crippen molar-refractivity contribution in [3.05, 3.63) is 18.2 Å². The van der Waals surface area contributed by atoms with Crippen molar-refractivity contribution < 1.29 is 14.3 Å². The molecule has 0 radical (unpaired) electrons. The third kappa shape index (κ3) is 2.80. The van der Waals surface area contributed by atoms with Crippen LogP contribution in [-0.4, -0.2) is 29.0 Å². The molecular weight excluding hydrogens is 198 g/mol. The highest BCUT2D eigenvalue weighted by Gasteiger charge is 2.20. The predicted octanol–water partition coefficient (Wildman–Crippen LogP) is 0.150. The number of nitrogens with one attached hydrogen (secondary N) is 2. The van der Waals surface area contributed by atoms with Gasteiger partial charge in [-0.1, -0.05) is 6.92 Å². The molecule has 0 saturated carbocycles. The van der Waals surface area contributed by atoms with Gasteiger partial charge < -0.3 is 15.0 Å². The number of esters is 1. The van der Waals surface area contributed by atoms with Crippen LogP contribution in [0.25, 0.3) is 0 Å². The van der Waals surface area contributed by atoms with Gasteiger partial charge in [-0.25, -0.2) is 9.78 Å². The van der Waals surface area contributed by atoms with Gasteiger partial charge in [0.2, 0.25) is 0 Å². The van der Waals surface area contributed by atoms with Gasteiger partial charge in [-0.2, -0.15) is 0 Å². The van der Waals surface area contributed by atoms with Crippen molar-refractivity contribution in [3.8, 4) is 0 Å². The van der Waals surface area contributed by atoms with Crippen LogP contribution in [0.15, 0.2) is 12.4 Å². The van der Waals surface area contributed by atoms with Crippen LogP contribution in [0.5, 0.6) is 0 Å². The molecule has 0 spiro atoms. The fraction of sp³-hybridized carbons (Fsp3) is 0.444. The molecule has 0 aliphatic rings. The molecule has 0 saturated heterocycles. The zero-order chi connectivity index (χ0) is 11.3. The largest absolute Gasteiger partial charge is 0.462 e. The Kier molecular flexibility index (Phi) is 3.84. The van der Waals surface area contributed by atoms with Crippen LogP contribution in [0.3, 0.4) is 0 Å². The second kappa shape index (κ2) is 5.14. The molecule has 6 heteroatoms. The quantitative estimate of drug-likeness (QED) is 0.550. The molecule has 1 aromatic heterocycles. The molecule has 0 aliphatic heterocycles. The van der Waals surface area contributed by atoms with Gasteiger partial charge in [0.25, 0.3) is 0 Å². The highest BCUT2D eigenvalue weighted by atomic mass is 16.5. The highest BCUT2D eigenvalue weighted by molar-refractivity contribution is 6.32. The number of hydrogen-bond donors (Lipinski definition) is 2. The summed E-state index contributed by atoms with van der Waals surface area (Å²) in [6, 6.07) is -0.299. The summed E-state index contributed by atoms with van der Waals surface area (Å²) in [4.78, 5) is 29.0. The third-order valence-corrected chi connectivity index (χ3v) is 1.93. The van der Waals surface area contributed by atoms with Crippen LogP contribution in [0.4, 0.5) is 0 Å². The first-order valence-electron chi connectivity index (χ1n) is 4.57. The molecule has 1 amide bonds. The number of imidazole rings is 1. The van der Waals surface area contributed by atoms with Crippen LogP contribution in [0, 0.1) is 0 Å². The molecule has 1 atom stereocenters. The molecule has 1 heterocycles. The minimum atomic E-state index is -0.903. The van der Waals surface area contributed by atoms with Crippen molar-refractivity contribution in [1.29, 1.82) is 0 Å². The minimum absolute atomic E-state index is 0.299. The van der Waals surface area contributed by atoms with Gasteiger partial charge in [0.1, 0.15) is 5.82 Å². The van der Waals surface area contributed by atoms with Crippen molar-refractivity contribution in [2.75, 3.05) is 7.11 Å². The van der Waals surface area contributed by atoms with Crippen LogP contribution in [0.1, 0.15) is 25.2 Å². The van der Waals surface area contributed by atoms with Crippen molar-refractivity contribution in [3.63, 3.8) is 0 Å². The Morgan fingerprint density at radius 3 is 2.87 bits per heavy atom. The van der Waals surface area contributed by atoms with Crippen molar-refractivity contribution in [1.82, 2.24) is 15.3 Å². The lowest BCUT2D eigenvalue weighted by molar-refractivity contribution is -0.153. The maximum atomic E-state index is 11.2. The van der Waals surface area contributed by atoms with E-state index in [-0.39, 0.29) is 6.04 Å². The summed E-state index contributed by atoms with van der Waals surface area (Å²) >= 11 is 0. The third-order valence-electron chi connectivity index (χ3n) is 1.93. The molecule has 0 aliphatic carbocycles. The Morgan fingerprint density at radius 2 is 2.40 bits per heavy atom. The summed E-state index contributed by atoms with van der Waals surface area (Å²) in [5.41, 5.74) is 0. The Hall–Kier alpha value is -1.85. The summed E-state index contributed by atoms with van der Waals surface area (Å²) in [6.45, 7) is 1.88. The first-order valence-corrected chi connectivity index (χ1v) is 4.57. The van der Waals surface area contributed by atoms with Gasteiger partial charge in [-0.05, 0) is 6.42 Å². The van der Waals surface area contributed by atoms with E-state index in [1.807, 2.05) is 6.92 Å². The maximum Gasteiger partial charge on any atom is 0.396 e. The number of methoxy groups -OCH3 is 1. The average molecular weight is 211 g/mol. The van der Waals surface area contributed by atoms with E-state index >= 15 is 0 Å². The summed E-state index contributed by atoms with van der Waals surface area (Å²) in [5.74, 6) is -1.05. The van der Waals surface area contributed by atoms with E-state index in [0.29, 0.717) is 12.2 Å². The van der Waals surface area contributed by atoms with Crippen molar-refractivity contribution >= 4 is 11.9 Å². The molecular formula is C9H13N3O3. The van der Waals surface area contributed by atoms with Gasteiger partial charge in [0, 0.05) is 12.4 Å². The monoisotopic (exact) mass is 211 g/mol. The number of nitrogens with zero attached hydrogens (tertiary/aromatic N) is 1. The van der Waals surface area contributed by atoms with E-state index in [1.54, 1.807) is 12.4 Å². The molecule has 0 bridgehead atoms. The summed E-state index contributed by atoms with van der Waals surface area (Å²) in [7, 11) is 1.16. The zero-order valence-corrected chi connectivity index (χ0v) is 8.61. The number of carbonyl (C=O) groups is 2. The van der Waals surface area contributed by atoms with Gasteiger partial charge in [-0.15, -0.1) is 0 Å². The normalized spacial score (nSPS) is 11.9. The molecule has 1 aromatic rings. The Morgan fingerprint density at radius 1 is 1.67 bits per heavy atom. The smallest absolute Gasteiger partial charge is 0.396 e. The lowest BCUT2D eigenvalue weighted by atomic mass is 10.2. The summed E-state index contributed by atoms with van der Waals surface area (Å²) in [5, 5.41) is 2.51. The molecule has 1 rings (SSSR count). The van der Waals surface area contributed by atoms with Crippen LogP contribution >= 0.6 is 0 Å². The Bertz CT molecular complexity index is 334. The predicted molar refractivity (Wildman–Crippen MR) is 51.8 cm³/mol. The number of rotatable bonds is 3. The second-order valence-corrected chi connectivity index (χ2v) is 2.90. The maximum absolute atomic E-state index is 11.2. The first-order chi connectivity index (χ1) is 7.19. The SMILES string of the molecule is CCC(NC(=O)C(=O)OC)c1ncc[nH]1. The van der Waals surface area contributed by atoms with E-state index in [2.05, 4.69) is 20.0 Å². The Balaban J connectivity index is 2.62. The van der Waals surface area contributed by atoms with Gasteiger partial charge >= 0.3 is 11.9 Å². The molecule has 1 unspecified atom stereocenters. The number of amides is 1. The Labute approximate surface area is 87.0 Å². The number of aromatic nitrogens is 2. The topological polar surface area (TPSA) is 84.1 Å². The number of hydrogen-bond acceptors (Lipinski definition) is 4. The number of ether oxygens (including phenoxy) is 1. The van der Waals surface area contributed by atoms with Crippen molar-refractivity contribution in [2.45, 2.75) is 19.4 Å². The van der Waals surface area contributed by atoms with E-state index in [9.17, 15) is 9.59 Å². The standard InChI is InChI=1S/C9H13N3O3/c1-3-6(7-10-4-5-11-7)12-8(13)9(14)15-2/h4-6H,3H2,1-2H3,(H,10,11)(H,12,13). The number of H-pyrrole nitrogens is 1. The zero-order valence-electron chi connectivity index (χ0n) is 8.61. The first kappa shape index (κ1) is 11.2. The van der Waals surface area contributed by atoms with E-state index < -0.39 is 11.9 Å². The van der Waals surface area contributed by atoms with Gasteiger partial charge in [-0.3, -0.25) is 4.79 Å². The van der Waals surface area contributed by atoms with Crippen LogP contribution in [0.2, 0.25) is 0 Å². The fourth-order valence-corrected chi connectivity index (χ4v) is 1.14. The van der Waals surface area contributed by atoms with E-state index in [0.717, 1.165) is 7.11 Å². The lowest BCUT2D eigenvalue weighted by Crippen LogP contribution is -2.35. The van der Waals surface area contributed by atoms with Crippen molar-refractivity contribution in [2.24, 2.45) is 0 Å².